The molecule has 9 nitrogen and oxygen atoms in total. The molecular formula is C39H50ClN3O6S. The molecule has 3 aliphatic heterocycles. The molecule has 2 aliphatic carbocycles. The fraction of sp³-hybridized carbons (Fsp3) is 0.564. The van der Waals surface area contributed by atoms with Crippen molar-refractivity contribution < 1.29 is 27.8 Å². The molecule has 50 heavy (non-hydrogen) atoms. The van der Waals surface area contributed by atoms with Crippen LogP contribution in [0.5, 0.6) is 5.75 Å². The molecule has 0 aromatic heterocycles. The van der Waals surface area contributed by atoms with E-state index in [4.69, 9.17) is 21.1 Å². The summed E-state index contributed by atoms with van der Waals surface area (Å²) in [6, 6.07) is 11.1. The van der Waals surface area contributed by atoms with Gasteiger partial charge in [-0.15, -0.1) is 0 Å². The SMILES string of the molecule is C[C@H]1C/C=C/[C@@](O)(/C=C/CN2CCOCC2)[C@@H]2CC[C@H]2CN2C[C@@]3(CCCc4cc(Cl)ccc43)COc3ccc(cc32)S(=O)(=O)NC(=O)[C@@H]1C. The Labute approximate surface area is 301 Å². The van der Waals surface area contributed by atoms with Gasteiger partial charge >= 0.3 is 0 Å². The van der Waals surface area contributed by atoms with Crippen molar-refractivity contribution in [3.63, 3.8) is 0 Å². The van der Waals surface area contributed by atoms with Gasteiger partial charge in [-0.2, -0.15) is 0 Å². The number of hydrogen-bond donors (Lipinski definition) is 2. The zero-order valence-electron chi connectivity index (χ0n) is 29.2. The smallest absolute Gasteiger partial charge is 0.264 e. The monoisotopic (exact) mass is 723 g/mol. The Bertz CT molecular complexity index is 1760. The van der Waals surface area contributed by atoms with Crippen LogP contribution in [-0.2, 0) is 31.4 Å². The number of nitrogens with zero attached hydrogens (tertiary/aromatic N) is 2. The van der Waals surface area contributed by atoms with Crippen LogP contribution in [0.25, 0.3) is 0 Å². The highest BCUT2D eigenvalue weighted by molar-refractivity contribution is 7.90. The number of hydrogen-bond acceptors (Lipinski definition) is 8. The zero-order chi connectivity index (χ0) is 35.1. The van der Waals surface area contributed by atoms with E-state index in [-0.39, 0.29) is 28.1 Å². The Morgan fingerprint density at radius 1 is 1.12 bits per heavy atom. The number of carbonyl (C=O) groups excluding carboxylic acids is 1. The fourth-order valence-electron chi connectivity index (χ4n) is 8.64. The van der Waals surface area contributed by atoms with E-state index < -0.39 is 27.4 Å². The van der Waals surface area contributed by atoms with Gasteiger partial charge in [0.2, 0.25) is 5.91 Å². The van der Waals surface area contributed by atoms with Crippen LogP contribution in [-0.4, -0.2) is 82.5 Å². The van der Waals surface area contributed by atoms with Crippen molar-refractivity contribution in [3.05, 3.63) is 76.9 Å². The third kappa shape index (κ3) is 7.11. The lowest BCUT2D eigenvalue weighted by Crippen LogP contribution is -2.52. The molecule has 2 aromatic rings. The third-order valence-electron chi connectivity index (χ3n) is 12.0. The number of morpholine rings is 1. The molecular weight excluding hydrogens is 674 g/mol. The van der Waals surface area contributed by atoms with Gasteiger partial charge in [0.05, 0.1) is 30.4 Å². The number of halogens is 1. The highest BCUT2D eigenvalue weighted by atomic mass is 35.5. The molecule has 0 radical (unpaired) electrons. The molecule has 1 saturated heterocycles. The zero-order valence-corrected chi connectivity index (χ0v) is 30.7. The molecule has 7 rings (SSSR count). The summed E-state index contributed by atoms with van der Waals surface area (Å²) in [5.74, 6) is -0.516. The van der Waals surface area contributed by atoms with E-state index in [0.717, 1.165) is 70.0 Å². The normalized spacial score (nSPS) is 33.8. The first-order valence-electron chi connectivity index (χ1n) is 18.2. The average Bonchev–Trinajstić information content (AvgIpc) is 3.22. The number of fused-ring (bicyclic) bond motifs is 4. The summed E-state index contributed by atoms with van der Waals surface area (Å²) in [4.78, 5) is 18.0. The average molecular weight is 724 g/mol. The summed E-state index contributed by atoms with van der Waals surface area (Å²) >= 11 is 6.45. The predicted molar refractivity (Wildman–Crippen MR) is 195 cm³/mol. The van der Waals surface area contributed by atoms with E-state index in [1.54, 1.807) is 19.1 Å². The number of amides is 1. The summed E-state index contributed by atoms with van der Waals surface area (Å²) in [7, 11) is -4.14. The van der Waals surface area contributed by atoms with Gasteiger partial charge in [-0.3, -0.25) is 9.69 Å². The lowest BCUT2D eigenvalue weighted by Gasteiger charge is -2.48. The minimum absolute atomic E-state index is 0.0310. The lowest BCUT2D eigenvalue weighted by molar-refractivity contribution is -0.124. The lowest BCUT2D eigenvalue weighted by atomic mass is 9.64. The van der Waals surface area contributed by atoms with Crippen LogP contribution >= 0.6 is 11.6 Å². The molecule has 3 heterocycles. The van der Waals surface area contributed by atoms with Gasteiger partial charge < -0.3 is 19.5 Å². The molecule has 0 unspecified atom stereocenters. The molecule has 2 fully saturated rings. The Morgan fingerprint density at radius 2 is 1.94 bits per heavy atom. The number of benzene rings is 2. The van der Waals surface area contributed by atoms with Crippen molar-refractivity contribution >= 4 is 33.2 Å². The van der Waals surface area contributed by atoms with E-state index in [1.165, 1.54) is 17.2 Å². The van der Waals surface area contributed by atoms with Crippen molar-refractivity contribution in [2.24, 2.45) is 23.7 Å². The van der Waals surface area contributed by atoms with Crippen LogP contribution in [0.1, 0.15) is 57.1 Å². The maximum atomic E-state index is 13.7. The summed E-state index contributed by atoms with van der Waals surface area (Å²) in [5, 5.41) is 13.2. The largest absolute Gasteiger partial charge is 0.490 e. The van der Waals surface area contributed by atoms with Crippen LogP contribution < -0.4 is 14.4 Å². The standard InChI is InChI=1S/C39H50ClN3O6S/c1-27-6-3-15-39(45,16-5-17-42-18-20-48-21-19-42)34-11-8-30(34)24-43-25-38(14-4-7-29-22-31(40)9-12-33(29)38)26-49-36-13-10-32(23-35(36)43)50(46,47)41-37(44)28(27)2/h3,5,9-10,12-13,15-16,22-23,27-28,30,34,45H,4,6-8,11,14,17-21,24-26H2,1-2H3,(H,41,44)/b15-3+,16-5+/t27-,28+,30-,34+,38-,39+/m0/s1. The van der Waals surface area contributed by atoms with Crippen molar-refractivity contribution in [2.75, 3.05) is 57.4 Å². The Morgan fingerprint density at radius 3 is 2.72 bits per heavy atom. The Balaban J connectivity index is 1.28. The number of anilines is 1. The van der Waals surface area contributed by atoms with E-state index in [2.05, 4.69) is 32.7 Å². The van der Waals surface area contributed by atoms with Gasteiger partial charge in [0.25, 0.3) is 10.0 Å². The van der Waals surface area contributed by atoms with Gasteiger partial charge in [0.1, 0.15) is 11.4 Å². The number of ether oxygens (including phenoxy) is 2. The van der Waals surface area contributed by atoms with Gasteiger partial charge in [0, 0.05) is 49.1 Å². The molecule has 1 amide bonds. The molecule has 1 saturated carbocycles. The maximum absolute atomic E-state index is 13.7. The number of sulfonamides is 1. The van der Waals surface area contributed by atoms with Gasteiger partial charge in [-0.05, 0) is 97.7 Å². The van der Waals surface area contributed by atoms with Gasteiger partial charge in [0.15, 0.2) is 0 Å². The van der Waals surface area contributed by atoms with Crippen LogP contribution in [0.4, 0.5) is 5.69 Å². The Kier molecular flexibility index (Phi) is 10.1. The van der Waals surface area contributed by atoms with Gasteiger partial charge in [-0.1, -0.05) is 55.8 Å². The van der Waals surface area contributed by atoms with Crippen molar-refractivity contribution in [1.82, 2.24) is 9.62 Å². The van der Waals surface area contributed by atoms with Crippen LogP contribution in [0.15, 0.2) is 65.6 Å². The van der Waals surface area contributed by atoms with Crippen molar-refractivity contribution in [1.29, 1.82) is 0 Å². The highest BCUT2D eigenvalue weighted by Gasteiger charge is 2.47. The first-order chi connectivity index (χ1) is 24.0. The summed E-state index contributed by atoms with van der Waals surface area (Å²) < 4.78 is 41.8. The summed E-state index contributed by atoms with van der Waals surface area (Å²) in [5.41, 5.74) is 1.66. The number of aliphatic hydroxyl groups is 1. The maximum Gasteiger partial charge on any atom is 0.264 e. The quantitative estimate of drug-likeness (QED) is 0.401. The molecule has 2 bridgehead atoms. The van der Waals surface area contributed by atoms with Gasteiger partial charge in [-0.25, -0.2) is 13.1 Å². The highest BCUT2D eigenvalue weighted by Crippen LogP contribution is 2.49. The molecule has 11 heteroatoms. The number of nitrogens with one attached hydrogen (secondary N) is 1. The van der Waals surface area contributed by atoms with E-state index in [0.29, 0.717) is 37.6 Å². The minimum atomic E-state index is -4.14. The summed E-state index contributed by atoms with van der Waals surface area (Å²) in [6.07, 6.45) is 13.2. The second-order valence-corrected chi connectivity index (χ2v) is 17.4. The number of allylic oxidation sites excluding steroid dienone is 1. The second-order valence-electron chi connectivity index (χ2n) is 15.3. The van der Waals surface area contributed by atoms with Crippen molar-refractivity contribution in [3.8, 4) is 5.75 Å². The van der Waals surface area contributed by atoms with Crippen LogP contribution in [0.3, 0.4) is 0 Å². The number of rotatable bonds is 3. The number of carbonyl (C=O) groups is 1. The van der Waals surface area contributed by atoms with E-state index >= 15 is 0 Å². The van der Waals surface area contributed by atoms with Crippen molar-refractivity contribution in [2.45, 2.75) is 68.3 Å². The third-order valence-corrected chi connectivity index (χ3v) is 13.6. The van der Waals surface area contributed by atoms with E-state index in [1.807, 2.05) is 31.2 Å². The molecule has 5 aliphatic rings. The van der Waals surface area contributed by atoms with Crippen LogP contribution in [0.2, 0.25) is 5.02 Å². The number of aryl methyl sites for hydroxylation is 1. The Hall–Kier alpha value is -2.89. The first-order valence-corrected chi connectivity index (χ1v) is 20.1. The molecule has 2 aromatic carbocycles. The van der Waals surface area contributed by atoms with Crippen LogP contribution in [0, 0.1) is 23.7 Å². The predicted octanol–water partition coefficient (Wildman–Crippen LogP) is 5.50. The molecule has 6 atom stereocenters. The minimum Gasteiger partial charge on any atom is -0.490 e. The summed E-state index contributed by atoms with van der Waals surface area (Å²) in [6.45, 7) is 9.31. The molecule has 2 N–H and O–H groups in total. The topological polar surface area (TPSA) is 108 Å². The molecule has 1 spiro atoms. The first kappa shape index (κ1) is 35.5. The second kappa shape index (κ2) is 14.3. The fourth-order valence-corrected chi connectivity index (χ4v) is 9.91. The molecule has 270 valence electrons. The van der Waals surface area contributed by atoms with E-state index in [9.17, 15) is 18.3 Å².